The van der Waals surface area contributed by atoms with E-state index in [-0.39, 0.29) is 0 Å². The van der Waals surface area contributed by atoms with Crippen molar-refractivity contribution in [3.63, 3.8) is 0 Å². The van der Waals surface area contributed by atoms with Crippen LogP contribution in [0.4, 0.5) is 0 Å². The molecule has 0 aliphatic carbocycles. The zero-order valence-electron chi connectivity index (χ0n) is 14.0. The van der Waals surface area contributed by atoms with Crippen LogP contribution >= 0.6 is 0 Å². The van der Waals surface area contributed by atoms with Gasteiger partial charge < -0.3 is 10.1 Å². The Morgan fingerprint density at radius 1 is 0.708 bits per heavy atom. The summed E-state index contributed by atoms with van der Waals surface area (Å²) in [6.07, 6.45) is 0. The molecule has 3 aromatic rings. The first-order chi connectivity index (χ1) is 11.8. The van der Waals surface area contributed by atoms with Gasteiger partial charge in [-0.05, 0) is 24.1 Å². The second kappa shape index (κ2) is 8.32. The number of ether oxygens (including phenoxy) is 1. The van der Waals surface area contributed by atoms with Crippen LogP contribution in [0.1, 0.15) is 22.3 Å². The highest BCUT2D eigenvalue weighted by molar-refractivity contribution is 5.33. The van der Waals surface area contributed by atoms with E-state index in [1.54, 1.807) is 0 Å². The first-order valence-electron chi connectivity index (χ1n) is 8.32. The number of hydrogen-bond donors (Lipinski definition) is 1. The molecular weight excluding hydrogens is 294 g/mol. The molecule has 0 aliphatic rings. The normalized spacial score (nSPS) is 10.5. The summed E-state index contributed by atoms with van der Waals surface area (Å²) in [6, 6.07) is 27.1. The first kappa shape index (κ1) is 16.3. The molecule has 0 heterocycles. The molecule has 0 aliphatic heterocycles. The van der Waals surface area contributed by atoms with Crippen molar-refractivity contribution in [1.29, 1.82) is 0 Å². The van der Waals surface area contributed by atoms with Gasteiger partial charge in [-0.3, -0.25) is 0 Å². The molecule has 1 N–H and O–H groups in total. The molecule has 2 heteroatoms. The van der Waals surface area contributed by atoms with Crippen LogP contribution in [0, 0.1) is 6.92 Å². The fourth-order valence-corrected chi connectivity index (χ4v) is 2.57. The highest BCUT2D eigenvalue weighted by Crippen LogP contribution is 2.19. The lowest BCUT2D eigenvalue weighted by Gasteiger charge is -2.12. The van der Waals surface area contributed by atoms with Crippen molar-refractivity contribution in [2.45, 2.75) is 26.6 Å². The molecule has 0 amide bonds. The minimum Gasteiger partial charge on any atom is -0.489 e. The van der Waals surface area contributed by atoms with Crippen LogP contribution in [0.5, 0.6) is 5.75 Å². The minimum absolute atomic E-state index is 0.593. The van der Waals surface area contributed by atoms with Gasteiger partial charge in [0.1, 0.15) is 12.4 Å². The second-order valence-electron chi connectivity index (χ2n) is 5.97. The van der Waals surface area contributed by atoms with E-state index in [4.69, 9.17) is 4.74 Å². The zero-order valence-corrected chi connectivity index (χ0v) is 14.0. The number of benzene rings is 3. The number of hydrogen-bond acceptors (Lipinski definition) is 2. The molecule has 0 aromatic heterocycles. The molecule has 0 saturated heterocycles. The summed E-state index contributed by atoms with van der Waals surface area (Å²) in [6.45, 7) is 4.33. The maximum Gasteiger partial charge on any atom is 0.124 e. The summed E-state index contributed by atoms with van der Waals surface area (Å²) < 4.78 is 6.03. The summed E-state index contributed by atoms with van der Waals surface area (Å²) in [7, 11) is 0. The Bertz CT molecular complexity index is 750. The third kappa shape index (κ3) is 4.71. The van der Waals surface area contributed by atoms with Crippen LogP contribution in [0.15, 0.2) is 78.9 Å². The van der Waals surface area contributed by atoms with E-state index >= 15 is 0 Å². The molecule has 0 bridgehead atoms. The van der Waals surface area contributed by atoms with Gasteiger partial charge in [0.15, 0.2) is 0 Å². The highest BCUT2D eigenvalue weighted by atomic mass is 16.5. The van der Waals surface area contributed by atoms with Gasteiger partial charge in [0.2, 0.25) is 0 Å². The molecule has 0 saturated carbocycles. The summed E-state index contributed by atoms with van der Waals surface area (Å²) in [5.74, 6) is 0.943. The average Bonchev–Trinajstić information content (AvgIpc) is 2.63. The van der Waals surface area contributed by atoms with Crippen LogP contribution < -0.4 is 10.1 Å². The smallest absolute Gasteiger partial charge is 0.124 e. The molecule has 0 atom stereocenters. The van der Waals surface area contributed by atoms with Crippen molar-refractivity contribution >= 4 is 0 Å². The van der Waals surface area contributed by atoms with Crippen LogP contribution in [0.25, 0.3) is 0 Å². The standard InChI is InChI=1S/C22H23NO/c1-18-11-13-20(14-12-18)17-24-22-10-6-5-9-21(22)16-23-15-19-7-3-2-4-8-19/h2-14,23H,15-17H2,1H3. The van der Waals surface area contributed by atoms with E-state index in [2.05, 4.69) is 72.9 Å². The Balaban J connectivity index is 1.57. The van der Waals surface area contributed by atoms with Crippen LogP contribution in [0.3, 0.4) is 0 Å². The van der Waals surface area contributed by atoms with Gasteiger partial charge in [-0.15, -0.1) is 0 Å². The van der Waals surface area contributed by atoms with E-state index in [0.29, 0.717) is 6.61 Å². The Kier molecular flexibility index (Phi) is 5.65. The summed E-state index contributed by atoms with van der Waals surface area (Å²) >= 11 is 0. The van der Waals surface area contributed by atoms with Crippen molar-refractivity contribution in [3.8, 4) is 5.75 Å². The van der Waals surface area contributed by atoms with Gasteiger partial charge in [0.05, 0.1) is 0 Å². The van der Waals surface area contributed by atoms with Gasteiger partial charge in [-0.25, -0.2) is 0 Å². The second-order valence-corrected chi connectivity index (χ2v) is 5.97. The lowest BCUT2D eigenvalue weighted by atomic mass is 10.1. The molecule has 0 unspecified atom stereocenters. The van der Waals surface area contributed by atoms with Crippen molar-refractivity contribution in [1.82, 2.24) is 5.32 Å². The lowest BCUT2D eigenvalue weighted by Crippen LogP contribution is -2.13. The molecule has 24 heavy (non-hydrogen) atoms. The SMILES string of the molecule is Cc1ccc(COc2ccccc2CNCc2ccccc2)cc1. The van der Waals surface area contributed by atoms with Gasteiger partial charge in [-0.1, -0.05) is 78.4 Å². The van der Waals surface area contributed by atoms with Crippen LogP contribution in [-0.2, 0) is 19.7 Å². The molecule has 3 rings (SSSR count). The van der Waals surface area contributed by atoms with Crippen molar-refractivity contribution in [3.05, 3.63) is 101 Å². The predicted octanol–water partition coefficient (Wildman–Crippen LogP) is 4.86. The Hall–Kier alpha value is -2.58. The molecule has 0 radical (unpaired) electrons. The monoisotopic (exact) mass is 317 g/mol. The molecular formula is C22H23NO. The predicted molar refractivity (Wildman–Crippen MR) is 98.9 cm³/mol. The Labute approximate surface area is 144 Å². The van der Waals surface area contributed by atoms with Gasteiger partial charge in [0.25, 0.3) is 0 Å². The Morgan fingerprint density at radius 2 is 1.42 bits per heavy atom. The third-order valence-electron chi connectivity index (χ3n) is 3.97. The topological polar surface area (TPSA) is 21.3 Å². The Morgan fingerprint density at radius 3 is 2.21 bits per heavy atom. The van der Waals surface area contributed by atoms with Crippen molar-refractivity contribution in [2.75, 3.05) is 0 Å². The van der Waals surface area contributed by atoms with Crippen molar-refractivity contribution < 1.29 is 4.74 Å². The molecule has 0 fully saturated rings. The number of aryl methyl sites for hydroxylation is 1. The molecule has 122 valence electrons. The van der Waals surface area contributed by atoms with E-state index in [9.17, 15) is 0 Å². The van der Waals surface area contributed by atoms with E-state index in [1.165, 1.54) is 22.3 Å². The summed E-state index contributed by atoms with van der Waals surface area (Å²) in [5.41, 5.74) is 4.92. The first-order valence-corrected chi connectivity index (χ1v) is 8.32. The van der Waals surface area contributed by atoms with Crippen molar-refractivity contribution in [2.24, 2.45) is 0 Å². The van der Waals surface area contributed by atoms with Gasteiger partial charge in [-0.2, -0.15) is 0 Å². The maximum absolute atomic E-state index is 6.03. The van der Waals surface area contributed by atoms with Gasteiger partial charge in [0, 0.05) is 18.7 Å². The quantitative estimate of drug-likeness (QED) is 0.671. The number of para-hydroxylation sites is 1. The largest absolute Gasteiger partial charge is 0.489 e. The van der Waals surface area contributed by atoms with E-state index < -0.39 is 0 Å². The maximum atomic E-state index is 6.03. The average molecular weight is 317 g/mol. The number of nitrogens with one attached hydrogen (secondary N) is 1. The minimum atomic E-state index is 0.593. The molecule has 3 aromatic carbocycles. The summed E-state index contributed by atoms with van der Waals surface area (Å²) in [5, 5.41) is 3.48. The van der Waals surface area contributed by atoms with Crippen LogP contribution in [0.2, 0.25) is 0 Å². The van der Waals surface area contributed by atoms with E-state index in [1.807, 2.05) is 18.2 Å². The zero-order chi connectivity index (χ0) is 16.6. The lowest BCUT2D eigenvalue weighted by molar-refractivity contribution is 0.302. The molecule has 0 spiro atoms. The fourth-order valence-electron chi connectivity index (χ4n) is 2.57. The number of rotatable bonds is 7. The van der Waals surface area contributed by atoms with E-state index in [0.717, 1.165) is 18.8 Å². The summed E-state index contributed by atoms with van der Waals surface area (Å²) in [4.78, 5) is 0. The fraction of sp³-hybridized carbons (Fsp3) is 0.182. The molecule has 2 nitrogen and oxygen atoms in total. The third-order valence-corrected chi connectivity index (χ3v) is 3.97. The van der Waals surface area contributed by atoms with Gasteiger partial charge >= 0.3 is 0 Å². The van der Waals surface area contributed by atoms with Crippen LogP contribution in [-0.4, -0.2) is 0 Å². The highest BCUT2D eigenvalue weighted by Gasteiger charge is 2.03.